The quantitative estimate of drug-likeness (QED) is 0.885. The van der Waals surface area contributed by atoms with Crippen molar-refractivity contribution in [3.63, 3.8) is 0 Å². The highest BCUT2D eigenvalue weighted by molar-refractivity contribution is 5.76. The molecular weight excluding hydrogens is 228 g/mol. The van der Waals surface area contributed by atoms with Crippen molar-refractivity contribution in [3.05, 3.63) is 24.0 Å². The molecule has 0 bridgehead atoms. The number of hydrogen-bond acceptors (Lipinski definition) is 2. The molecule has 1 aliphatic rings. The van der Waals surface area contributed by atoms with Crippen LogP contribution in [0.5, 0.6) is 0 Å². The second-order valence-electron chi connectivity index (χ2n) is 5.39. The topological polar surface area (TPSA) is 45.5 Å². The molecule has 18 heavy (non-hydrogen) atoms. The monoisotopic (exact) mass is 250 g/mol. The molecular formula is C14H22N2O2. The van der Waals surface area contributed by atoms with Gasteiger partial charge in [0.25, 0.3) is 0 Å². The summed E-state index contributed by atoms with van der Waals surface area (Å²) in [6, 6.07) is 1.89. The first-order valence-corrected chi connectivity index (χ1v) is 6.69. The number of aliphatic hydroxyl groups excluding tert-OH is 1. The third-order valence-electron chi connectivity index (χ3n) is 3.52. The minimum absolute atomic E-state index is 0.175. The van der Waals surface area contributed by atoms with Crippen molar-refractivity contribution in [3.8, 4) is 0 Å². The molecule has 1 saturated heterocycles. The van der Waals surface area contributed by atoms with Crippen LogP contribution in [0.15, 0.2) is 18.5 Å². The van der Waals surface area contributed by atoms with Crippen molar-refractivity contribution in [2.24, 2.45) is 5.92 Å². The van der Waals surface area contributed by atoms with Crippen LogP contribution in [0.25, 0.3) is 0 Å². The van der Waals surface area contributed by atoms with Gasteiger partial charge in [-0.1, -0.05) is 13.8 Å². The maximum Gasteiger partial charge on any atom is 0.242 e. The Labute approximate surface area is 108 Å². The van der Waals surface area contributed by atoms with Gasteiger partial charge in [0.2, 0.25) is 5.91 Å². The molecule has 4 heteroatoms. The van der Waals surface area contributed by atoms with Crippen LogP contribution < -0.4 is 0 Å². The molecule has 1 atom stereocenters. The maximum absolute atomic E-state index is 12.0. The lowest BCUT2D eigenvalue weighted by Crippen LogP contribution is -2.30. The van der Waals surface area contributed by atoms with Crippen LogP contribution in [0.2, 0.25) is 0 Å². The number of nitrogens with zero attached hydrogens (tertiary/aromatic N) is 2. The predicted octanol–water partition coefficient (Wildman–Crippen LogP) is 1.80. The van der Waals surface area contributed by atoms with E-state index in [9.17, 15) is 9.90 Å². The second-order valence-corrected chi connectivity index (χ2v) is 5.39. The summed E-state index contributed by atoms with van der Waals surface area (Å²) >= 11 is 0. The zero-order valence-corrected chi connectivity index (χ0v) is 11.2. The molecule has 1 fully saturated rings. The number of hydrogen-bond donors (Lipinski definition) is 1. The van der Waals surface area contributed by atoms with Gasteiger partial charge in [-0.05, 0) is 30.4 Å². The molecule has 0 saturated carbocycles. The van der Waals surface area contributed by atoms with Crippen molar-refractivity contribution in [1.29, 1.82) is 0 Å². The largest absolute Gasteiger partial charge is 0.388 e. The summed E-state index contributed by atoms with van der Waals surface area (Å²) in [4.78, 5) is 13.9. The Morgan fingerprint density at radius 1 is 1.39 bits per heavy atom. The summed E-state index contributed by atoms with van der Waals surface area (Å²) in [5.74, 6) is 0.365. The third kappa shape index (κ3) is 2.93. The lowest BCUT2D eigenvalue weighted by Gasteiger charge is -2.15. The van der Waals surface area contributed by atoms with E-state index in [2.05, 4.69) is 0 Å². The zero-order valence-electron chi connectivity index (χ0n) is 11.2. The highest BCUT2D eigenvalue weighted by Gasteiger charge is 2.19. The standard InChI is InChI=1S/C14H22N2O2/c1-11(2)14(18)12-5-8-15(9-12)10-13(17)16-6-3-4-7-16/h5,8-9,11,14,18H,3-4,6-7,10H2,1-2H3. The second kappa shape index (κ2) is 5.57. The fourth-order valence-corrected chi connectivity index (χ4v) is 2.34. The van der Waals surface area contributed by atoms with E-state index in [1.165, 1.54) is 0 Å². The first kappa shape index (κ1) is 13.1. The fraction of sp³-hybridized carbons (Fsp3) is 0.643. The molecule has 1 aromatic rings. The Bertz CT molecular complexity index is 406. The lowest BCUT2D eigenvalue weighted by atomic mass is 10.0. The van der Waals surface area contributed by atoms with Gasteiger partial charge in [-0.3, -0.25) is 4.79 Å². The van der Waals surface area contributed by atoms with E-state index in [0.717, 1.165) is 31.5 Å². The Morgan fingerprint density at radius 3 is 2.67 bits per heavy atom. The zero-order chi connectivity index (χ0) is 13.1. The molecule has 0 spiro atoms. The highest BCUT2D eigenvalue weighted by Crippen LogP contribution is 2.21. The van der Waals surface area contributed by atoms with E-state index >= 15 is 0 Å². The summed E-state index contributed by atoms with van der Waals surface area (Å²) in [7, 11) is 0. The number of carbonyl (C=O) groups is 1. The summed E-state index contributed by atoms with van der Waals surface area (Å²) in [5, 5.41) is 9.95. The van der Waals surface area contributed by atoms with Crippen LogP contribution >= 0.6 is 0 Å². The van der Waals surface area contributed by atoms with Gasteiger partial charge in [-0.2, -0.15) is 0 Å². The van der Waals surface area contributed by atoms with Crippen LogP contribution in [0, 0.1) is 5.92 Å². The molecule has 0 radical (unpaired) electrons. The molecule has 1 aliphatic heterocycles. The first-order valence-electron chi connectivity index (χ1n) is 6.69. The van der Waals surface area contributed by atoms with E-state index in [1.54, 1.807) is 0 Å². The van der Waals surface area contributed by atoms with Gasteiger partial charge < -0.3 is 14.6 Å². The van der Waals surface area contributed by atoms with Crippen molar-refractivity contribution in [2.45, 2.75) is 39.3 Å². The van der Waals surface area contributed by atoms with E-state index in [0.29, 0.717) is 6.54 Å². The smallest absolute Gasteiger partial charge is 0.242 e. The molecule has 2 rings (SSSR count). The molecule has 100 valence electrons. The van der Waals surface area contributed by atoms with Crippen LogP contribution in [0.3, 0.4) is 0 Å². The van der Waals surface area contributed by atoms with Gasteiger partial charge in [0.05, 0.1) is 6.10 Å². The number of likely N-dealkylation sites (tertiary alicyclic amines) is 1. The van der Waals surface area contributed by atoms with Gasteiger partial charge in [0.1, 0.15) is 6.54 Å². The van der Waals surface area contributed by atoms with Gasteiger partial charge in [0, 0.05) is 25.5 Å². The summed E-state index contributed by atoms with van der Waals surface area (Å²) in [5.41, 5.74) is 0.888. The van der Waals surface area contributed by atoms with Gasteiger partial charge >= 0.3 is 0 Å². The van der Waals surface area contributed by atoms with E-state index in [-0.39, 0.29) is 11.8 Å². The average Bonchev–Trinajstić information content (AvgIpc) is 2.98. The SMILES string of the molecule is CC(C)C(O)c1ccn(CC(=O)N2CCCC2)c1. The van der Waals surface area contributed by atoms with E-state index in [4.69, 9.17) is 0 Å². The number of carbonyl (C=O) groups excluding carboxylic acids is 1. The predicted molar refractivity (Wildman–Crippen MR) is 70.0 cm³/mol. The Balaban J connectivity index is 1.95. The van der Waals surface area contributed by atoms with E-state index in [1.807, 2.05) is 41.8 Å². The Kier molecular flexibility index (Phi) is 4.07. The van der Waals surface area contributed by atoms with Crippen molar-refractivity contribution in [1.82, 2.24) is 9.47 Å². The lowest BCUT2D eigenvalue weighted by molar-refractivity contribution is -0.130. The molecule has 4 nitrogen and oxygen atoms in total. The molecule has 1 unspecified atom stereocenters. The van der Waals surface area contributed by atoms with Crippen molar-refractivity contribution < 1.29 is 9.90 Å². The Morgan fingerprint density at radius 2 is 2.06 bits per heavy atom. The van der Waals surface area contributed by atoms with Gasteiger partial charge in [0.15, 0.2) is 0 Å². The van der Waals surface area contributed by atoms with Crippen LogP contribution in [-0.4, -0.2) is 33.6 Å². The molecule has 0 aliphatic carbocycles. The minimum Gasteiger partial charge on any atom is -0.388 e. The molecule has 1 N–H and O–H groups in total. The van der Waals surface area contributed by atoms with Crippen molar-refractivity contribution >= 4 is 5.91 Å². The number of aliphatic hydroxyl groups is 1. The first-order chi connectivity index (χ1) is 8.58. The molecule has 1 aromatic heterocycles. The van der Waals surface area contributed by atoms with Crippen LogP contribution in [0.1, 0.15) is 38.4 Å². The summed E-state index contributed by atoms with van der Waals surface area (Å²) < 4.78 is 1.86. The highest BCUT2D eigenvalue weighted by atomic mass is 16.3. The molecule has 1 amide bonds. The van der Waals surface area contributed by atoms with E-state index < -0.39 is 6.10 Å². The minimum atomic E-state index is -0.451. The molecule has 2 heterocycles. The normalized spacial score (nSPS) is 17.4. The fourth-order valence-electron chi connectivity index (χ4n) is 2.34. The summed E-state index contributed by atoms with van der Waals surface area (Å²) in [6.07, 6.45) is 5.53. The summed E-state index contributed by atoms with van der Waals surface area (Å²) in [6.45, 7) is 6.13. The van der Waals surface area contributed by atoms with Crippen LogP contribution in [0.4, 0.5) is 0 Å². The number of rotatable bonds is 4. The Hall–Kier alpha value is -1.29. The van der Waals surface area contributed by atoms with Crippen molar-refractivity contribution in [2.75, 3.05) is 13.1 Å². The van der Waals surface area contributed by atoms with Crippen LogP contribution in [-0.2, 0) is 11.3 Å². The molecule has 0 aromatic carbocycles. The third-order valence-corrected chi connectivity index (χ3v) is 3.52. The number of aromatic nitrogens is 1. The van der Waals surface area contributed by atoms with Gasteiger partial charge in [-0.25, -0.2) is 0 Å². The maximum atomic E-state index is 12.0. The van der Waals surface area contributed by atoms with Gasteiger partial charge in [-0.15, -0.1) is 0 Å². The average molecular weight is 250 g/mol. The number of amides is 1.